The maximum absolute atomic E-state index is 13.3. The maximum Gasteiger partial charge on any atom is 0.261 e. The van der Waals surface area contributed by atoms with Crippen molar-refractivity contribution in [1.29, 1.82) is 0 Å². The van der Waals surface area contributed by atoms with E-state index in [1.54, 1.807) is 53.8 Å². The Morgan fingerprint density at radius 2 is 1.79 bits per heavy atom. The summed E-state index contributed by atoms with van der Waals surface area (Å²) in [5, 5.41) is 1.07. The molecule has 5 rings (SSSR count). The molecule has 1 amide bonds. The van der Waals surface area contributed by atoms with Gasteiger partial charge in [0.05, 0.1) is 20.1 Å². The lowest BCUT2D eigenvalue weighted by Crippen LogP contribution is -2.39. The highest BCUT2D eigenvalue weighted by molar-refractivity contribution is 7.92. The van der Waals surface area contributed by atoms with E-state index in [2.05, 4.69) is 10.8 Å². The van der Waals surface area contributed by atoms with Crippen LogP contribution in [-0.2, 0) is 10.0 Å². The molecule has 33 heavy (non-hydrogen) atoms. The number of amides is 1. The van der Waals surface area contributed by atoms with Gasteiger partial charge in [0, 0.05) is 30.3 Å². The first-order valence-electron chi connectivity index (χ1n) is 10.8. The van der Waals surface area contributed by atoms with Crippen LogP contribution >= 0.6 is 11.3 Å². The molecule has 1 aromatic heterocycles. The third-order valence-electron chi connectivity index (χ3n) is 5.78. The summed E-state index contributed by atoms with van der Waals surface area (Å²) < 4.78 is 29.0. The lowest BCUT2D eigenvalue weighted by atomic mass is 9.98. The Morgan fingerprint density at radius 1 is 1.00 bits per heavy atom. The first-order chi connectivity index (χ1) is 16.0. The fourth-order valence-electron chi connectivity index (χ4n) is 4.14. The fraction of sp³-hybridized carbons (Fsp3) is 0.200. The van der Waals surface area contributed by atoms with Crippen LogP contribution in [0, 0.1) is 0 Å². The minimum atomic E-state index is -3.72. The average Bonchev–Trinajstić information content (AvgIpc) is 3.29. The Morgan fingerprint density at radius 3 is 2.61 bits per heavy atom. The molecule has 1 atom stereocenters. The highest BCUT2D eigenvalue weighted by Crippen LogP contribution is 2.33. The Balaban J connectivity index is 1.33. The van der Waals surface area contributed by atoms with E-state index in [1.165, 1.54) is 12.1 Å². The number of para-hydroxylation sites is 1. The molecule has 1 aliphatic heterocycles. The summed E-state index contributed by atoms with van der Waals surface area (Å²) in [7, 11) is -3.72. The summed E-state index contributed by atoms with van der Waals surface area (Å²) in [6, 6.07) is 22.9. The van der Waals surface area contributed by atoms with E-state index in [1.807, 2.05) is 23.1 Å². The van der Waals surface area contributed by atoms with Gasteiger partial charge in [-0.15, -0.1) is 11.3 Å². The van der Waals surface area contributed by atoms with Crippen molar-refractivity contribution in [1.82, 2.24) is 9.88 Å². The molecule has 0 aliphatic carbocycles. The summed E-state index contributed by atoms with van der Waals surface area (Å²) in [5.74, 6) is 0.112. The predicted molar refractivity (Wildman–Crippen MR) is 131 cm³/mol. The number of sulfonamides is 1. The zero-order chi connectivity index (χ0) is 22.8. The summed E-state index contributed by atoms with van der Waals surface area (Å²) in [6.07, 6.45) is 1.91. The summed E-state index contributed by atoms with van der Waals surface area (Å²) in [5.41, 5.74) is 1.83. The molecule has 1 saturated heterocycles. The molecule has 4 aromatic rings. The van der Waals surface area contributed by atoms with E-state index < -0.39 is 10.0 Å². The topological polar surface area (TPSA) is 79.4 Å². The maximum atomic E-state index is 13.3. The predicted octanol–water partition coefficient (Wildman–Crippen LogP) is 5.12. The first kappa shape index (κ1) is 21.6. The van der Waals surface area contributed by atoms with E-state index in [-0.39, 0.29) is 16.7 Å². The number of aromatic nitrogens is 1. The zero-order valence-electron chi connectivity index (χ0n) is 17.8. The monoisotopic (exact) mass is 477 g/mol. The van der Waals surface area contributed by atoms with Crippen LogP contribution in [0.25, 0.3) is 10.2 Å². The minimum absolute atomic E-state index is 0.0958. The fourth-order valence-corrected chi connectivity index (χ4v) is 6.30. The van der Waals surface area contributed by atoms with E-state index in [4.69, 9.17) is 4.98 Å². The van der Waals surface area contributed by atoms with Crippen LogP contribution in [-0.4, -0.2) is 37.3 Å². The first-order valence-corrected chi connectivity index (χ1v) is 13.1. The van der Waals surface area contributed by atoms with Gasteiger partial charge in [-0.1, -0.05) is 36.4 Å². The summed E-state index contributed by atoms with van der Waals surface area (Å²) >= 11 is 1.69. The SMILES string of the molecule is O=C(c1cccc(NS(=O)(=O)c2ccccc2)c1)N1CCC[C@@H](c2nc3ccccc3s2)C1. The summed E-state index contributed by atoms with van der Waals surface area (Å²) in [6.45, 7) is 1.29. The van der Waals surface area contributed by atoms with Crippen molar-refractivity contribution in [3.8, 4) is 0 Å². The van der Waals surface area contributed by atoms with Crippen LogP contribution in [0.2, 0.25) is 0 Å². The van der Waals surface area contributed by atoms with Gasteiger partial charge in [0.2, 0.25) is 0 Å². The van der Waals surface area contributed by atoms with E-state index in [0.29, 0.717) is 24.3 Å². The number of hydrogen-bond acceptors (Lipinski definition) is 5. The number of nitrogens with one attached hydrogen (secondary N) is 1. The molecule has 3 aromatic carbocycles. The van der Waals surface area contributed by atoms with Gasteiger partial charge < -0.3 is 4.90 Å². The number of rotatable bonds is 5. The lowest BCUT2D eigenvalue weighted by molar-refractivity contribution is 0.0707. The molecular weight excluding hydrogens is 454 g/mol. The van der Waals surface area contributed by atoms with Crippen LogP contribution in [0.3, 0.4) is 0 Å². The van der Waals surface area contributed by atoms with Gasteiger partial charge in [0.1, 0.15) is 0 Å². The highest BCUT2D eigenvalue weighted by atomic mass is 32.2. The highest BCUT2D eigenvalue weighted by Gasteiger charge is 2.28. The largest absolute Gasteiger partial charge is 0.338 e. The normalized spacial score (nSPS) is 16.6. The third kappa shape index (κ3) is 4.62. The standard InChI is InChI=1S/C25H23N3O3S2/c29-25(18-8-6-10-20(16-18)27-33(30,31)21-11-2-1-3-12-21)28-15-7-9-19(17-28)24-26-22-13-4-5-14-23(22)32-24/h1-6,8,10-14,16,19,27H,7,9,15,17H2/t19-/m1/s1. The van der Waals surface area contributed by atoms with Crippen molar-refractivity contribution in [3.05, 3.63) is 89.4 Å². The molecule has 2 heterocycles. The van der Waals surface area contributed by atoms with E-state index >= 15 is 0 Å². The molecule has 0 saturated carbocycles. The van der Waals surface area contributed by atoms with Crippen molar-refractivity contribution in [2.75, 3.05) is 17.8 Å². The number of benzene rings is 3. The van der Waals surface area contributed by atoms with Crippen LogP contribution < -0.4 is 4.72 Å². The van der Waals surface area contributed by atoms with Gasteiger partial charge in [-0.2, -0.15) is 0 Å². The Hall–Kier alpha value is -3.23. The molecule has 1 N–H and O–H groups in total. The molecule has 1 fully saturated rings. The molecule has 0 unspecified atom stereocenters. The van der Waals surface area contributed by atoms with Gasteiger partial charge in [0.25, 0.3) is 15.9 Å². The van der Waals surface area contributed by atoms with Crippen molar-refractivity contribution < 1.29 is 13.2 Å². The zero-order valence-corrected chi connectivity index (χ0v) is 19.5. The molecular formula is C25H23N3O3S2. The number of piperidine rings is 1. The van der Waals surface area contributed by atoms with E-state index in [9.17, 15) is 13.2 Å². The summed E-state index contributed by atoms with van der Waals surface area (Å²) in [4.78, 5) is 20.1. The van der Waals surface area contributed by atoms with Crippen LogP contribution in [0.1, 0.15) is 34.1 Å². The van der Waals surface area contributed by atoms with Crippen LogP contribution in [0.15, 0.2) is 83.8 Å². The number of likely N-dealkylation sites (tertiary alicyclic amines) is 1. The second-order valence-corrected chi connectivity index (χ2v) is 10.9. The second-order valence-electron chi connectivity index (χ2n) is 8.11. The third-order valence-corrected chi connectivity index (χ3v) is 8.38. The van der Waals surface area contributed by atoms with E-state index in [0.717, 1.165) is 28.1 Å². The number of hydrogen-bond donors (Lipinski definition) is 1. The van der Waals surface area contributed by atoms with Gasteiger partial charge >= 0.3 is 0 Å². The Labute approximate surface area is 197 Å². The Kier molecular flexibility index (Phi) is 5.86. The van der Waals surface area contributed by atoms with Crippen molar-refractivity contribution >= 4 is 43.2 Å². The molecule has 0 spiro atoms. The van der Waals surface area contributed by atoms with Gasteiger partial charge in [-0.25, -0.2) is 13.4 Å². The molecule has 8 heteroatoms. The Bertz CT molecular complexity index is 1370. The molecule has 168 valence electrons. The number of carbonyl (C=O) groups excluding carboxylic acids is 1. The number of anilines is 1. The number of carbonyl (C=O) groups is 1. The number of thiazole rings is 1. The number of fused-ring (bicyclic) bond motifs is 1. The quantitative estimate of drug-likeness (QED) is 0.433. The van der Waals surface area contributed by atoms with Gasteiger partial charge in [-0.3, -0.25) is 9.52 Å². The van der Waals surface area contributed by atoms with Gasteiger partial charge in [0.15, 0.2) is 0 Å². The molecule has 0 radical (unpaired) electrons. The number of nitrogens with zero attached hydrogens (tertiary/aromatic N) is 2. The van der Waals surface area contributed by atoms with Crippen molar-refractivity contribution in [2.45, 2.75) is 23.7 Å². The van der Waals surface area contributed by atoms with Crippen molar-refractivity contribution in [3.63, 3.8) is 0 Å². The van der Waals surface area contributed by atoms with Gasteiger partial charge in [-0.05, 0) is 55.3 Å². The molecule has 6 nitrogen and oxygen atoms in total. The van der Waals surface area contributed by atoms with Crippen LogP contribution in [0.5, 0.6) is 0 Å². The second kappa shape index (κ2) is 8.96. The molecule has 1 aliphatic rings. The average molecular weight is 478 g/mol. The van der Waals surface area contributed by atoms with Crippen LogP contribution in [0.4, 0.5) is 5.69 Å². The lowest BCUT2D eigenvalue weighted by Gasteiger charge is -2.32. The minimum Gasteiger partial charge on any atom is -0.338 e. The van der Waals surface area contributed by atoms with Crippen molar-refractivity contribution in [2.24, 2.45) is 0 Å². The smallest absolute Gasteiger partial charge is 0.261 e. The molecule has 0 bridgehead atoms.